The molecule has 5 nitrogen and oxygen atoms in total. The van der Waals surface area contributed by atoms with Crippen molar-refractivity contribution in [1.82, 2.24) is 10.6 Å². The molecule has 2 amide bonds. The number of rotatable bonds is 5. The van der Waals surface area contributed by atoms with Crippen LogP contribution in [0.4, 0.5) is 5.69 Å². The van der Waals surface area contributed by atoms with Crippen LogP contribution < -0.4 is 16.0 Å². The summed E-state index contributed by atoms with van der Waals surface area (Å²) in [6.07, 6.45) is 0. The SMILES string of the molecule is Cc1ccc(Cl)cc1NC(=O)CNCC(=O)NC(C)(C)C. The molecule has 3 N–H and O–H groups in total. The molecule has 0 aliphatic rings. The zero-order valence-corrected chi connectivity index (χ0v) is 13.6. The van der Waals surface area contributed by atoms with E-state index in [1.807, 2.05) is 33.8 Å². The number of hydrogen-bond donors (Lipinski definition) is 3. The average molecular weight is 312 g/mol. The van der Waals surface area contributed by atoms with E-state index in [4.69, 9.17) is 11.6 Å². The highest BCUT2D eigenvalue weighted by Gasteiger charge is 2.13. The first-order valence-electron chi connectivity index (χ1n) is 6.75. The second kappa shape index (κ2) is 7.43. The van der Waals surface area contributed by atoms with E-state index in [0.29, 0.717) is 10.7 Å². The molecular formula is C15H22ClN3O2. The van der Waals surface area contributed by atoms with Gasteiger partial charge in [0.1, 0.15) is 0 Å². The molecule has 0 aliphatic heterocycles. The smallest absolute Gasteiger partial charge is 0.238 e. The van der Waals surface area contributed by atoms with Crippen molar-refractivity contribution in [2.75, 3.05) is 18.4 Å². The second-order valence-electron chi connectivity index (χ2n) is 5.91. The van der Waals surface area contributed by atoms with Crippen molar-refractivity contribution in [3.8, 4) is 0 Å². The molecule has 0 heterocycles. The van der Waals surface area contributed by atoms with Crippen LogP contribution in [0.1, 0.15) is 26.3 Å². The summed E-state index contributed by atoms with van der Waals surface area (Å²) in [6.45, 7) is 7.75. The van der Waals surface area contributed by atoms with E-state index < -0.39 is 0 Å². The van der Waals surface area contributed by atoms with Gasteiger partial charge in [-0.25, -0.2) is 0 Å². The van der Waals surface area contributed by atoms with Crippen molar-refractivity contribution < 1.29 is 9.59 Å². The van der Waals surface area contributed by atoms with Gasteiger partial charge in [0.05, 0.1) is 13.1 Å². The molecule has 0 fully saturated rings. The van der Waals surface area contributed by atoms with Crippen LogP contribution in [-0.4, -0.2) is 30.4 Å². The van der Waals surface area contributed by atoms with E-state index in [9.17, 15) is 9.59 Å². The number of benzene rings is 1. The number of nitrogens with one attached hydrogen (secondary N) is 3. The predicted octanol–water partition coefficient (Wildman–Crippen LogP) is 2.09. The number of carbonyl (C=O) groups excluding carboxylic acids is 2. The van der Waals surface area contributed by atoms with Crippen LogP contribution in [0.2, 0.25) is 5.02 Å². The number of anilines is 1. The Morgan fingerprint density at radius 3 is 2.38 bits per heavy atom. The Kier molecular flexibility index (Phi) is 6.18. The third kappa shape index (κ3) is 7.11. The molecule has 0 spiro atoms. The second-order valence-corrected chi connectivity index (χ2v) is 6.35. The minimum absolute atomic E-state index is 0.0590. The molecule has 0 bridgehead atoms. The molecular weight excluding hydrogens is 290 g/mol. The van der Waals surface area contributed by atoms with Gasteiger partial charge in [0.15, 0.2) is 0 Å². The van der Waals surface area contributed by atoms with Gasteiger partial charge < -0.3 is 10.6 Å². The minimum Gasteiger partial charge on any atom is -0.350 e. The van der Waals surface area contributed by atoms with Crippen LogP contribution in [0.3, 0.4) is 0 Å². The van der Waals surface area contributed by atoms with Crippen LogP contribution in [0.5, 0.6) is 0 Å². The van der Waals surface area contributed by atoms with Crippen molar-refractivity contribution >= 4 is 29.1 Å². The third-order valence-corrected chi connectivity index (χ3v) is 2.79. The van der Waals surface area contributed by atoms with Crippen LogP contribution >= 0.6 is 11.6 Å². The molecule has 1 aromatic rings. The minimum atomic E-state index is -0.279. The lowest BCUT2D eigenvalue weighted by Crippen LogP contribution is -2.45. The molecule has 1 aromatic carbocycles. The number of hydrogen-bond acceptors (Lipinski definition) is 3. The van der Waals surface area contributed by atoms with Crippen LogP contribution in [0, 0.1) is 6.92 Å². The molecule has 0 aromatic heterocycles. The Morgan fingerprint density at radius 2 is 1.76 bits per heavy atom. The maximum atomic E-state index is 11.8. The highest BCUT2D eigenvalue weighted by atomic mass is 35.5. The lowest BCUT2D eigenvalue weighted by molar-refractivity contribution is -0.121. The van der Waals surface area contributed by atoms with Crippen LogP contribution in [0.15, 0.2) is 18.2 Å². The van der Waals surface area contributed by atoms with Gasteiger partial charge in [-0.05, 0) is 45.4 Å². The van der Waals surface area contributed by atoms with E-state index in [1.54, 1.807) is 12.1 Å². The van der Waals surface area contributed by atoms with Gasteiger partial charge in [0.2, 0.25) is 11.8 Å². The van der Waals surface area contributed by atoms with Crippen LogP contribution in [0.25, 0.3) is 0 Å². The Morgan fingerprint density at radius 1 is 1.14 bits per heavy atom. The number of halogens is 1. The van der Waals surface area contributed by atoms with Crippen molar-refractivity contribution in [3.63, 3.8) is 0 Å². The Labute approximate surface area is 130 Å². The summed E-state index contributed by atoms with van der Waals surface area (Å²) in [5.41, 5.74) is 1.32. The van der Waals surface area contributed by atoms with E-state index in [1.165, 1.54) is 0 Å². The largest absolute Gasteiger partial charge is 0.350 e. The van der Waals surface area contributed by atoms with Crippen molar-refractivity contribution in [3.05, 3.63) is 28.8 Å². The van der Waals surface area contributed by atoms with Gasteiger partial charge in [0, 0.05) is 16.2 Å². The Balaban J connectivity index is 2.38. The van der Waals surface area contributed by atoms with Gasteiger partial charge in [-0.3, -0.25) is 14.9 Å². The molecule has 0 unspecified atom stereocenters. The lowest BCUT2D eigenvalue weighted by Gasteiger charge is -2.20. The first-order chi connectivity index (χ1) is 9.67. The molecule has 0 radical (unpaired) electrons. The van der Waals surface area contributed by atoms with Gasteiger partial charge in [-0.2, -0.15) is 0 Å². The molecule has 1 rings (SSSR count). The van der Waals surface area contributed by atoms with Gasteiger partial charge in [0.25, 0.3) is 0 Å². The molecule has 0 aliphatic carbocycles. The number of amides is 2. The molecule has 0 atom stereocenters. The van der Waals surface area contributed by atoms with Crippen molar-refractivity contribution in [2.45, 2.75) is 33.2 Å². The summed E-state index contributed by atoms with van der Waals surface area (Å²) in [7, 11) is 0. The Bertz CT molecular complexity index is 524. The monoisotopic (exact) mass is 311 g/mol. The lowest BCUT2D eigenvalue weighted by atomic mass is 10.1. The highest BCUT2D eigenvalue weighted by Crippen LogP contribution is 2.19. The Hall–Kier alpha value is -1.59. The highest BCUT2D eigenvalue weighted by molar-refractivity contribution is 6.31. The van der Waals surface area contributed by atoms with Crippen LogP contribution in [-0.2, 0) is 9.59 Å². The van der Waals surface area contributed by atoms with Gasteiger partial charge >= 0.3 is 0 Å². The fraction of sp³-hybridized carbons (Fsp3) is 0.467. The molecule has 0 saturated heterocycles. The first kappa shape index (κ1) is 17.5. The van der Waals surface area contributed by atoms with Gasteiger partial charge in [-0.15, -0.1) is 0 Å². The van der Waals surface area contributed by atoms with E-state index in [-0.39, 0.29) is 30.4 Å². The summed E-state index contributed by atoms with van der Waals surface area (Å²) in [5.74, 6) is -0.363. The van der Waals surface area contributed by atoms with Gasteiger partial charge in [-0.1, -0.05) is 17.7 Å². The standard InChI is InChI=1S/C15H22ClN3O2/c1-10-5-6-11(16)7-12(10)18-13(20)8-17-9-14(21)19-15(2,3)4/h5-7,17H,8-9H2,1-4H3,(H,18,20)(H,19,21). The maximum absolute atomic E-state index is 11.8. The zero-order chi connectivity index (χ0) is 16.0. The first-order valence-corrected chi connectivity index (χ1v) is 7.13. The van der Waals surface area contributed by atoms with E-state index in [0.717, 1.165) is 5.56 Å². The summed E-state index contributed by atoms with van der Waals surface area (Å²) in [4.78, 5) is 23.4. The van der Waals surface area contributed by atoms with Crippen molar-refractivity contribution in [1.29, 1.82) is 0 Å². The van der Waals surface area contributed by atoms with E-state index >= 15 is 0 Å². The quantitative estimate of drug-likeness (QED) is 0.780. The summed E-state index contributed by atoms with van der Waals surface area (Å²) >= 11 is 5.89. The molecule has 0 saturated carbocycles. The molecule has 6 heteroatoms. The molecule has 21 heavy (non-hydrogen) atoms. The average Bonchev–Trinajstić information content (AvgIpc) is 2.31. The summed E-state index contributed by atoms with van der Waals surface area (Å²) in [5, 5.41) is 8.93. The maximum Gasteiger partial charge on any atom is 0.238 e. The summed E-state index contributed by atoms with van der Waals surface area (Å²) in [6, 6.07) is 5.30. The normalized spacial score (nSPS) is 11.1. The number of carbonyl (C=O) groups is 2. The topological polar surface area (TPSA) is 70.2 Å². The number of aryl methyl sites for hydroxylation is 1. The zero-order valence-electron chi connectivity index (χ0n) is 12.8. The summed E-state index contributed by atoms with van der Waals surface area (Å²) < 4.78 is 0. The fourth-order valence-corrected chi connectivity index (χ4v) is 1.85. The predicted molar refractivity (Wildman–Crippen MR) is 85.6 cm³/mol. The third-order valence-electron chi connectivity index (χ3n) is 2.56. The molecule has 116 valence electrons. The van der Waals surface area contributed by atoms with Crippen molar-refractivity contribution in [2.24, 2.45) is 0 Å². The van der Waals surface area contributed by atoms with E-state index in [2.05, 4.69) is 16.0 Å². The fourth-order valence-electron chi connectivity index (χ4n) is 1.68.